The molecule has 2 unspecified atom stereocenters. The summed E-state index contributed by atoms with van der Waals surface area (Å²) in [6.45, 7) is 7.62. The Bertz CT molecular complexity index is 1380. The number of hydrogen-bond donors (Lipinski definition) is 1. The topological polar surface area (TPSA) is 81.4 Å². The van der Waals surface area contributed by atoms with E-state index in [9.17, 15) is 19.1 Å². The average molecular weight is 436 g/mol. The van der Waals surface area contributed by atoms with Gasteiger partial charge in [0.1, 0.15) is 12.4 Å². The standard InChI is InChI=1S/C23H19FN2O4.C2H6/c1-9-11-4-3-5-12-18-10(2)26-17(20(18)25-16(19(11)12)7-15(9)24)6-13-14(22(26)28)8-30-23(29)21(13)27;1-2/h6-7,10,21,27H,3-5,8H2,1-2H3;1-2H3. The first-order valence-corrected chi connectivity index (χ1v) is 11.2. The first kappa shape index (κ1) is 20.8. The van der Waals surface area contributed by atoms with Crippen LogP contribution in [0.25, 0.3) is 22.3 Å². The third-order valence-corrected chi connectivity index (χ3v) is 6.90. The number of fused-ring (bicyclic) bond motifs is 5. The highest BCUT2D eigenvalue weighted by atomic mass is 19.1. The van der Waals surface area contributed by atoms with Crippen LogP contribution in [0, 0.1) is 12.7 Å². The zero-order valence-corrected chi connectivity index (χ0v) is 18.6. The molecule has 3 aromatic rings. The number of pyridine rings is 2. The van der Waals surface area contributed by atoms with Crippen molar-refractivity contribution in [2.45, 2.75) is 65.7 Å². The van der Waals surface area contributed by atoms with Gasteiger partial charge in [-0.25, -0.2) is 14.2 Å². The fraction of sp³-hybridized carbons (Fsp3) is 0.400. The highest BCUT2D eigenvalue weighted by molar-refractivity contribution is 5.93. The molecule has 2 aromatic heterocycles. The van der Waals surface area contributed by atoms with Crippen LogP contribution in [-0.4, -0.2) is 20.6 Å². The van der Waals surface area contributed by atoms with E-state index in [2.05, 4.69) is 0 Å². The van der Waals surface area contributed by atoms with E-state index in [0.717, 1.165) is 41.3 Å². The van der Waals surface area contributed by atoms with Crippen molar-refractivity contribution in [3.63, 3.8) is 0 Å². The van der Waals surface area contributed by atoms with Gasteiger partial charge in [0.05, 0.1) is 28.5 Å². The molecule has 1 aliphatic carbocycles. The van der Waals surface area contributed by atoms with Gasteiger partial charge in [-0.1, -0.05) is 13.8 Å². The van der Waals surface area contributed by atoms with E-state index >= 15 is 0 Å². The minimum Gasteiger partial charge on any atom is -0.458 e. The molecule has 0 amide bonds. The van der Waals surface area contributed by atoms with E-state index in [4.69, 9.17) is 9.72 Å². The molecule has 1 aromatic carbocycles. The van der Waals surface area contributed by atoms with E-state index in [1.165, 1.54) is 6.07 Å². The molecule has 4 heterocycles. The van der Waals surface area contributed by atoms with Crippen molar-refractivity contribution >= 4 is 16.9 Å². The Morgan fingerprint density at radius 1 is 1.16 bits per heavy atom. The smallest absolute Gasteiger partial charge is 0.340 e. The molecule has 0 spiro atoms. The number of cyclic esters (lactones) is 1. The summed E-state index contributed by atoms with van der Waals surface area (Å²) < 4.78 is 21.2. The number of carbonyl (C=O) groups excluding carboxylic acids is 1. The Morgan fingerprint density at radius 2 is 1.88 bits per heavy atom. The average Bonchev–Trinajstić information content (AvgIpc) is 3.08. The van der Waals surface area contributed by atoms with Crippen LogP contribution in [0.5, 0.6) is 0 Å². The highest BCUT2D eigenvalue weighted by Gasteiger charge is 2.38. The number of aliphatic hydroxyl groups excluding tert-OH is 1. The summed E-state index contributed by atoms with van der Waals surface area (Å²) in [6.07, 6.45) is 1.08. The van der Waals surface area contributed by atoms with Crippen LogP contribution >= 0.6 is 0 Å². The summed E-state index contributed by atoms with van der Waals surface area (Å²) >= 11 is 0. The van der Waals surface area contributed by atoms with Gasteiger partial charge in [-0.05, 0) is 55.9 Å². The normalized spacial score (nSPS) is 20.1. The molecule has 166 valence electrons. The monoisotopic (exact) mass is 436 g/mol. The molecule has 32 heavy (non-hydrogen) atoms. The second-order valence-electron chi connectivity index (χ2n) is 8.39. The van der Waals surface area contributed by atoms with Gasteiger partial charge in [0, 0.05) is 22.6 Å². The summed E-state index contributed by atoms with van der Waals surface area (Å²) in [5.74, 6) is -1.04. The van der Waals surface area contributed by atoms with Crippen LogP contribution in [0.2, 0.25) is 0 Å². The van der Waals surface area contributed by atoms with Crippen molar-refractivity contribution in [2.24, 2.45) is 0 Å². The van der Waals surface area contributed by atoms with Crippen molar-refractivity contribution in [1.29, 1.82) is 0 Å². The molecule has 3 aliphatic rings. The minimum atomic E-state index is -1.49. The summed E-state index contributed by atoms with van der Waals surface area (Å²) in [7, 11) is 0. The second kappa shape index (κ2) is 7.24. The van der Waals surface area contributed by atoms with Gasteiger partial charge in [-0.2, -0.15) is 0 Å². The molecule has 7 heteroatoms. The molecule has 6 nitrogen and oxygen atoms in total. The maximum absolute atomic E-state index is 14.6. The molecule has 0 saturated heterocycles. The second-order valence-corrected chi connectivity index (χ2v) is 8.39. The molecule has 0 fully saturated rings. The van der Waals surface area contributed by atoms with Crippen LogP contribution in [0.15, 0.2) is 16.9 Å². The lowest BCUT2D eigenvalue weighted by molar-refractivity contribution is -0.157. The summed E-state index contributed by atoms with van der Waals surface area (Å²) in [6, 6.07) is 2.90. The van der Waals surface area contributed by atoms with E-state index < -0.39 is 12.1 Å². The lowest BCUT2D eigenvalue weighted by Gasteiger charge is -2.23. The lowest BCUT2D eigenvalue weighted by Crippen LogP contribution is -2.33. The van der Waals surface area contributed by atoms with Crippen LogP contribution in [-0.2, 0) is 29.0 Å². The molecular weight excluding hydrogens is 411 g/mol. The Morgan fingerprint density at radius 3 is 2.62 bits per heavy atom. The van der Waals surface area contributed by atoms with Crippen molar-refractivity contribution in [2.75, 3.05) is 0 Å². The summed E-state index contributed by atoms with van der Waals surface area (Å²) in [5, 5.41) is 11.3. The van der Waals surface area contributed by atoms with Crippen LogP contribution in [0.3, 0.4) is 0 Å². The molecule has 2 atom stereocenters. The zero-order valence-electron chi connectivity index (χ0n) is 18.6. The minimum absolute atomic E-state index is 0.149. The van der Waals surface area contributed by atoms with Gasteiger partial charge >= 0.3 is 5.97 Å². The number of aromatic nitrogens is 2. The van der Waals surface area contributed by atoms with Crippen LogP contribution in [0.4, 0.5) is 4.39 Å². The number of benzene rings is 1. The summed E-state index contributed by atoms with van der Waals surface area (Å²) in [5.41, 5.74) is 5.84. The van der Waals surface area contributed by atoms with Crippen molar-refractivity contribution in [3.8, 4) is 11.4 Å². The highest BCUT2D eigenvalue weighted by Crippen LogP contribution is 2.46. The SMILES string of the molecule is CC.Cc1c(F)cc2nc3c(c4c2c1CCC4)C(C)n1c-3cc2c(c1=O)COC(=O)C2O. The molecular formula is C25H25FN2O4. The Hall–Kier alpha value is -3.06. The molecule has 6 rings (SSSR count). The van der Waals surface area contributed by atoms with Crippen LogP contribution < -0.4 is 5.56 Å². The van der Waals surface area contributed by atoms with E-state index in [0.29, 0.717) is 28.0 Å². The Balaban J connectivity index is 0.00000105. The first-order chi connectivity index (χ1) is 15.4. The number of hydrogen-bond acceptors (Lipinski definition) is 5. The van der Waals surface area contributed by atoms with Gasteiger partial charge in [-0.15, -0.1) is 0 Å². The number of aryl methyl sites for hydroxylation is 2. The number of rotatable bonds is 0. The van der Waals surface area contributed by atoms with Gasteiger partial charge in [0.25, 0.3) is 5.56 Å². The number of halogens is 1. The first-order valence-electron chi connectivity index (χ1n) is 11.2. The van der Waals surface area contributed by atoms with E-state index in [1.54, 1.807) is 10.6 Å². The number of nitrogens with zero attached hydrogens (tertiary/aromatic N) is 2. The molecule has 0 bridgehead atoms. The molecule has 2 aliphatic heterocycles. The van der Waals surface area contributed by atoms with E-state index in [-0.39, 0.29) is 29.6 Å². The van der Waals surface area contributed by atoms with Crippen molar-refractivity contribution in [3.05, 3.63) is 61.7 Å². The quantitative estimate of drug-likeness (QED) is 0.538. The molecule has 1 N–H and O–H groups in total. The molecule has 0 radical (unpaired) electrons. The van der Waals surface area contributed by atoms with Gasteiger partial charge in [0.15, 0.2) is 6.10 Å². The fourth-order valence-corrected chi connectivity index (χ4v) is 5.45. The maximum atomic E-state index is 14.6. The fourth-order valence-electron chi connectivity index (χ4n) is 5.45. The van der Waals surface area contributed by atoms with Crippen molar-refractivity contribution in [1.82, 2.24) is 9.55 Å². The van der Waals surface area contributed by atoms with Gasteiger partial charge < -0.3 is 9.84 Å². The van der Waals surface area contributed by atoms with Crippen molar-refractivity contribution < 1.29 is 19.0 Å². The predicted octanol–water partition coefficient (Wildman–Crippen LogP) is 4.04. The zero-order chi connectivity index (χ0) is 22.9. The number of carbonyl (C=O) groups is 1. The molecule has 0 saturated carbocycles. The van der Waals surface area contributed by atoms with Gasteiger partial charge in [0.2, 0.25) is 0 Å². The summed E-state index contributed by atoms with van der Waals surface area (Å²) in [4.78, 5) is 29.9. The number of aliphatic hydroxyl groups is 1. The van der Waals surface area contributed by atoms with Crippen LogP contribution in [0.1, 0.15) is 72.7 Å². The largest absolute Gasteiger partial charge is 0.458 e. The third kappa shape index (κ3) is 2.57. The lowest BCUT2D eigenvalue weighted by atomic mass is 9.83. The Labute approximate surface area is 184 Å². The maximum Gasteiger partial charge on any atom is 0.340 e. The van der Waals surface area contributed by atoms with E-state index in [1.807, 2.05) is 27.7 Å². The third-order valence-electron chi connectivity index (χ3n) is 6.90. The van der Waals surface area contributed by atoms with Gasteiger partial charge in [-0.3, -0.25) is 9.36 Å². The number of ether oxygens (including phenoxy) is 1. The Kier molecular flexibility index (Phi) is 4.71. The predicted molar refractivity (Wildman–Crippen MR) is 118 cm³/mol. The number of esters is 1.